The molecule has 2 heteroatoms. The van der Waals surface area contributed by atoms with Crippen LogP contribution in [0.25, 0.3) is 10.9 Å². The van der Waals surface area contributed by atoms with Crippen molar-refractivity contribution in [1.82, 2.24) is 9.88 Å². The van der Waals surface area contributed by atoms with Crippen molar-refractivity contribution in [3.8, 4) is 0 Å². The van der Waals surface area contributed by atoms with Crippen molar-refractivity contribution < 1.29 is 0 Å². The molecule has 96 valence electrons. The summed E-state index contributed by atoms with van der Waals surface area (Å²) in [6.45, 7) is 2.18. The van der Waals surface area contributed by atoms with Crippen LogP contribution in [0.5, 0.6) is 0 Å². The summed E-state index contributed by atoms with van der Waals surface area (Å²) in [4.78, 5) is 0. The summed E-state index contributed by atoms with van der Waals surface area (Å²) < 4.78 is 2.22. The third kappa shape index (κ3) is 2.30. The van der Waals surface area contributed by atoms with Crippen LogP contribution in [-0.2, 0) is 13.6 Å². The monoisotopic (exact) mass is 242 g/mol. The second-order valence-electron chi connectivity index (χ2n) is 5.56. The molecule has 1 aromatic carbocycles. The van der Waals surface area contributed by atoms with Gasteiger partial charge in [0.2, 0.25) is 0 Å². The fourth-order valence-corrected chi connectivity index (χ4v) is 3.19. The van der Waals surface area contributed by atoms with Gasteiger partial charge >= 0.3 is 0 Å². The molecule has 0 atom stereocenters. The first-order valence-electron chi connectivity index (χ1n) is 7.08. The standard InChI is InChI=1S/C16H22N2/c1-18-12-14(15-8-4-5-9-16(15)18)11-17-10-13-6-2-3-7-13/h4-5,8-9,12-13,17H,2-3,6-7,10-11H2,1H3. The smallest absolute Gasteiger partial charge is 0.0481 e. The number of para-hydroxylation sites is 1. The van der Waals surface area contributed by atoms with Crippen molar-refractivity contribution in [2.45, 2.75) is 32.2 Å². The molecule has 18 heavy (non-hydrogen) atoms. The largest absolute Gasteiger partial charge is 0.350 e. The third-order valence-corrected chi connectivity index (χ3v) is 4.20. The first kappa shape index (κ1) is 11.8. The predicted octanol–water partition coefficient (Wildman–Crippen LogP) is 3.46. The van der Waals surface area contributed by atoms with E-state index in [1.807, 2.05) is 0 Å². The van der Waals surface area contributed by atoms with Gasteiger partial charge in [-0.25, -0.2) is 0 Å². The van der Waals surface area contributed by atoms with Crippen LogP contribution in [0.2, 0.25) is 0 Å². The van der Waals surface area contributed by atoms with E-state index in [0.29, 0.717) is 0 Å². The Morgan fingerprint density at radius 1 is 1.22 bits per heavy atom. The van der Waals surface area contributed by atoms with Gasteiger partial charge in [-0.05, 0) is 36.9 Å². The maximum absolute atomic E-state index is 3.64. The Kier molecular flexibility index (Phi) is 3.37. The lowest BCUT2D eigenvalue weighted by Gasteiger charge is -2.09. The lowest BCUT2D eigenvalue weighted by Crippen LogP contribution is -2.20. The number of fused-ring (bicyclic) bond motifs is 1. The van der Waals surface area contributed by atoms with Crippen LogP contribution in [-0.4, -0.2) is 11.1 Å². The van der Waals surface area contributed by atoms with E-state index in [1.54, 1.807) is 0 Å². The number of nitrogens with one attached hydrogen (secondary N) is 1. The lowest BCUT2D eigenvalue weighted by atomic mass is 10.1. The Hall–Kier alpha value is -1.28. The summed E-state index contributed by atoms with van der Waals surface area (Å²) in [5, 5.41) is 5.02. The molecule has 0 saturated heterocycles. The van der Waals surface area contributed by atoms with Gasteiger partial charge in [0.1, 0.15) is 0 Å². The van der Waals surface area contributed by atoms with E-state index in [4.69, 9.17) is 0 Å². The molecule has 0 unspecified atom stereocenters. The highest BCUT2D eigenvalue weighted by atomic mass is 14.9. The van der Waals surface area contributed by atoms with Crippen LogP contribution in [0.3, 0.4) is 0 Å². The van der Waals surface area contributed by atoms with Crippen LogP contribution in [0.15, 0.2) is 30.5 Å². The topological polar surface area (TPSA) is 17.0 Å². The number of aromatic nitrogens is 1. The fraction of sp³-hybridized carbons (Fsp3) is 0.500. The number of benzene rings is 1. The summed E-state index contributed by atoms with van der Waals surface area (Å²) in [6.07, 6.45) is 7.96. The van der Waals surface area contributed by atoms with Gasteiger partial charge in [-0.2, -0.15) is 0 Å². The molecule has 1 fully saturated rings. The highest BCUT2D eigenvalue weighted by Gasteiger charge is 2.14. The van der Waals surface area contributed by atoms with Gasteiger partial charge in [0.25, 0.3) is 0 Å². The number of aryl methyl sites for hydroxylation is 1. The lowest BCUT2D eigenvalue weighted by molar-refractivity contribution is 0.490. The summed E-state index contributed by atoms with van der Waals surface area (Å²) in [6, 6.07) is 8.65. The first-order chi connectivity index (χ1) is 8.84. The van der Waals surface area contributed by atoms with E-state index in [-0.39, 0.29) is 0 Å². The minimum atomic E-state index is 0.917. The Morgan fingerprint density at radius 2 is 2.00 bits per heavy atom. The Labute approximate surface area is 109 Å². The van der Waals surface area contributed by atoms with E-state index in [9.17, 15) is 0 Å². The summed E-state index contributed by atoms with van der Waals surface area (Å²) in [7, 11) is 2.13. The third-order valence-electron chi connectivity index (χ3n) is 4.20. The van der Waals surface area contributed by atoms with E-state index in [0.717, 1.165) is 12.5 Å². The molecule has 0 spiro atoms. The minimum absolute atomic E-state index is 0.917. The van der Waals surface area contributed by atoms with E-state index in [1.165, 1.54) is 48.7 Å². The summed E-state index contributed by atoms with van der Waals surface area (Å²) in [5.41, 5.74) is 2.75. The van der Waals surface area contributed by atoms with Gasteiger partial charge in [0, 0.05) is 30.7 Å². The van der Waals surface area contributed by atoms with Crippen LogP contribution in [0, 0.1) is 5.92 Å². The minimum Gasteiger partial charge on any atom is -0.350 e. The van der Waals surface area contributed by atoms with Gasteiger partial charge < -0.3 is 9.88 Å². The molecule has 1 N–H and O–H groups in total. The van der Waals surface area contributed by atoms with Gasteiger partial charge in [-0.1, -0.05) is 31.0 Å². The van der Waals surface area contributed by atoms with Crippen molar-refractivity contribution in [3.63, 3.8) is 0 Å². The molecule has 1 aromatic heterocycles. The Morgan fingerprint density at radius 3 is 2.83 bits per heavy atom. The molecule has 0 bridgehead atoms. The normalized spacial score (nSPS) is 16.7. The highest BCUT2D eigenvalue weighted by Crippen LogP contribution is 2.24. The molecule has 0 amide bonds. The zero-order valence-corrected chi connectivity index (χ0v) is 11.2. The van der Waals surface area contributed by atoms with Crippen molar-refractivity contribution in [1.29, 1.82) is 0 Å². The van der Waals surface area contributed by atoms with Crippen molar-refractivity contribution >= 4 is 10.9 Å². The average molecular weight is 242 g/mol. The Balaban J connectivity index is 1.67. The molecule has 1 heterocycles. The average Bonchev–Trinajstić information content (AvgIpc) is 3.00. The zero-order chi connectivity index (χ0) is 12.4. The van der Waals surface area contributed by atoms with E-state index < -0.39 is 0 Å². The molecule has 0 radical (unpaired) electrons. The SMILES string of the molecule is Cn1cc(CNCC2CCCC2)c2ccccc21. The van der Waals surface area contributed by atoms with Crippen molar-refractivity contribution in [2.24, 2.45) is 13.0 Å². The van der Waals surface area contributed by atoms with Gasteiger partial charge in [0.15, 0.2) is 0 Å². The number of hydrogen-bond acceptors (Lipinski definition) is 1. The number of rotatable bonds is 4. The fourth-order valence-electron chi connectivity index (χ4n) is 3.19. The predicted molar refractivity (Wildman–Crippen MR) is 76.6 cm³/mol. The molecular formula is C16H22N2. The number of hydrogen-bond donors (Lipinski definition) is 1. The van der Waals surface area contributed by atoms with Crippen molar-refractivity contribution in [3.05, 3.63) is 36.0 Å². The molecule has 3 rings (SSSR count). The Bertz CT molecular complexity index is 521. The quantitative estimate of drug-likeness (QED) is 0.869. The van der Waals surface area contributed by atoms with E-state index >= 15 is 0 Å². The molecular weight excluding hydrogens is 220 g/mol. The van der Waals surface area contributed by atoms with Crippen LogP contribution < -0.4 is 5.32 Å². The maximum atomic E-state index is 3.64. The second kappa shape index (κ2) is 5.15. The highest BCUT2D eigenvalue weighted by molar-refractivity contribution is 5.83. The zero-order valence-electron chi connectivity index (χ0n) is 11.2. The summed E-state index contributed by atoms with van der Waals surface area (Å²) >= 11 is 0. The van der Waals surface area contributed by atoms with Crippen molar-refractivity contribution in [2.75, 3.05) is 6.54 Å². The first-order valence-corrected chi connectivity index (χ1v) is 7.08. The van der Waals surface area contributed by atoms with Gasteiger partial charge in [-0.15, -0.1) is 0 Å². The molecule has 1 aliphatic rings. The maximum Gasteiger partial charge on any atom is 0.0481 e. The van der Waals surface area contributed by atoms with Crippen LogP contribution in [0.4, 0.5) is 0 Å². The molecule has 2 nitrogen and oxygen atoms in total. The van der Waals surface area contributed by atoms with Crippen LogP contribution >= 0.6 is 0 Å². The second-order valence-corrected chi connectivity index (χ2v) is 5.56. The van der Waals surface area contributed by atoms with Gasteiger partial charge in [-0.3, -0.25) is 0 Å². The van der Waals surface area contributed by atoms with Gasteiger partial charge in [0.05, 0.1) is 0 Å². The summed E-state index contributed by atoms with van der Waals surface area (Å²) in [5.74, 6) is 0.917. The van der Waals surface area contributed by atoms with Crippen LogP contribution in [0.1, 0.15) is 31.2 Å². The van der Waals surface area contributed by atoms with E-state index in [2.05, 4.69) is 47.4 Å². The molecule has 1 aliphatic carbocycles. The molecule has 2 aromatic rings. The molecule has 1 saturated carbocycles. The number of nitrogens with zero attached hydrogens (tertiary/aromatic N) is 1. The molecule has 0 aliphatic heterocycles.